The molecule has 4 nitrogen and oxygen atoms in total. The largest absolute Gasteiger partial charge is 0.376 e. The van der Waals surface area contributed by atoms with E-state index in [1.165, 1.54) is 17.8 Å². The maximum atomic E-state index is 11.5. The highest BCUT2D eigenvalue weighted by Gasteiger charge is 2.51. The molecule has 3 aromatic rings. The quantitative estimate of drug-likeness (QED) is 0.205. The number of thioether (sulfide) groups is 1. The zero-order valence-corrected chi connectivity index (χ0v) is 20.9. The first kappa shape index (κ1) is 23.1. The molecule has 3 aromatic carbocycles. The lowest BCUT2D eigenvalue weighted by Gasteiger charge is -2.39. The Labute approximate surface area is 215 Å². The van der Waals surface area contributed by atoms with Crippen molar-refractivity contribution >= 4 is 69.5 Å². The lowest BCUT2D eigenvalue weighted by molar-refractivity contribution is -0.387. The summed E-state index contributed by atoms with van der Waals surface area (Å²) in [5, 5.41) is 16.5. The molecule has 9 heteroatoms. The van der Waals surface area contributed by atoms with E-state index in [2.05, 4.69) is 11.4 Å². The summed E-state index contributed by atoms with van der Waals surface area (Å²) >= 11 is 28.1. The molecule has 0 saturated heterocycles. The Morgan fingerprint density at radius 2 is 1.64 bits per heavy atom. The number of nitrogens with one attached hydrogen (secondary N) is 1. The third kappa shape index (κ3) is 4.08. The van der Waals surface area contributed by atoms with Crippen LogP contribution in [0, 0.1) is 16.0 Å². The van der Waals surface area contributed by atoms with Crippen molar-refractivity contribution in [2.75, 3.05) is 5.32 Å². The van der Waals surface area contributed by atoms with Gasteiger partial charge in [-0.3, -0.25) is 10.1 Å². The van der Waals surface area contributed by atoms with Gasteiger partial charge in [-0.1, -0.05) is 71.2 Å². The summed E-state index contributed by atoms with van der Waals surface area (Å²) in [7, 11) is 0. The van der Waals surface area contributed by atoms with E-state index < -0.39 is 0 Å². The van der Waals surface area contributed by atoms with Gasteiger partial charge < -0.3 is 5.32 Å². The number of anilines is 1. The van der Waals surface area contributed by atoms with E-state index in [-0.39, 0.29) is 39.1 Å². The molecule has 1 N–H and O–H groups in total. The second-order valence-electron chi connectivity index (χ2n) is 8.22. The van der Waals surface area contributed by atoms with E-state index in [4.69, 9.17) is 46.4 Å². The molecule has 0 radical (unpaired) electrons. The minimum atomic E-state index is -0.348. The third-order valence-corrected chi connectivity index (χ3v) is 9.71. The summed E-state index contributed by atoms with van der Waals surface area (Å²) in [5.41, 5.74) is 2.90. The minimum absolute atomic E-state index is 0.00179. The van der Waals surface area contributed by atoms with Crippen molar-refractivity contribution in [3.63, 3.8) is 0 Å². The first-order valence-corrected chi connectivity index (χ1v) is 12.8. The molecule has 170 valence electrons. The van der Waals surface area contributed by atoms with Crippen LogP contribution in [0.1, 0.15) is 29.5 Å². The third-order valence-electron chi connectivity index (χ3n) is 6.45. The standard InChI is InChI=1S/C24H18Cl4N2O2S/c25-15-7-4-6-13(21(15)27)23-14-11-19(33-18-10-2-1-9-17(18)30(31)32)22(28)20(14)12-5-3-8-16(26)24(12)29-23/h1-10,14,19-20,22-23,29H,11H2/t14-,19+,20+,22-,23-/m1/s1. The SMILES string of the molecule is O=[N+]([O-])c1ccccc1S[C@H]1C[C@@H]2[C@H](c3cccc(Cl)c3N[C@@H]2c2cccc(Cl)c2Cl)[C@@H]1Cl. The Balaban J connectivity index is 1.57. The predicted octanol–water partition coefficient (Wildman–Crippen LogP) is 8.59. The molecule has 0 unspecified atom stereocenters. The van der Waals surface area contributed by atoms with Gasteiger partial charge in [0.25, 0.3) is 5.69 Å². The number of nitro benzene ring substituents is 1. The molecule has 1 aliphatic heterocycles. The number of alkyl halides is 1. The average Bonchev–Trinajstić information content (AvgIpc) is 3.12. The first-order chi connectivity index (χ1) is 15.9. The number of fused-ring (bicyclic) bond motifs is 3. The van der Waals surface area contributed by atoms with Crippen LogP contribution in [0.2, 0.25) is 15.1 Å². The maximum Gasteiger partial charge on any atom is 0.282 e. The number of rotatable bonds is 4. The van der Waals surface area contributed by atoms with Gasteiger partial charge in [0.2, 0.25) is 0 Å². The number of benzene rings is 3. The van der Waals surface area contributed by atoms with Crippen LogP contribution >= 0.6 is 58.2 Å². The molecule has 1 saturated carbocycles. The molecule has 0 amide bonds. The summed E-state index contributed by atoms with van der Waals surface area (Å²) in [6, 6.07) is 18.1. The number of para-hydroxylation sites is 2. The molecule has 1 aliphatic carbocycles. The number of nitrogens with zero attached hydrogens (tertiary/aromatic N) is 1. The van der Waals surface area contributed by atoms with Crippen molar-refractivity contribution < 1.29 is 4.92 Å². The Morgan fingerprint density at radius 3 is 2.39 bits per heavy atom. The number of hydrogen-bond acceptors (Lipinski definition) is 4. The van der Waals surface area contributed by atoms with Crippen LogP contribution in [0.5, 0.6) is 0 Å². The lowest BCUT2D eigenvalue weighted by Crippen LogP contribution is -2.31. The van der Waals surface area contributed by atoms with E-state index in [1.807, 2.05) is 30.3 Å². The molecule has 0 aromatic heterocycles. The van der Waals surface area contributed by atoms with Gasteiger partial charge in [-0.15, -0.1) is 23.4 Å². The van der Waals surface area contributed by atoms with Crippen molar-refractivity contribution in [2.45, 2.75) is 33.9 Å². The summed E-state index contributed by atoms with van der Waals surface area (Å²) in [6.45, 7) is 0. The molecule has 2 aliphatic rings. The van der Waals surface area contributed by atoms with Crippen LogP contribution in [0.3, 0.4) is 0 Å². The van der Waals surface area contributed by atoms with E-state index in [0.717, 1.165) is 23.2 Å². The second-order valence-corrected chi connectivity index (χ2v) is 11.2. The van der Waals surface area contributed by atoms with Crippen molar-refractivity contribution in [3.05, 3.63) is 97.0 Å². The summed E-state index contributed by atoms with van der Waals surface area (Å²) < 4.78 is 0. The Hall–Kier alpha value is -1.63. The Morgan fingerprint density at radius 1 is 0.939 bits per heavy atom. The van der Waals surface area contributed by atoms with E-state index in [1.54, 1.807) is 18.2 Å². The Bertz CT molecular complexity index is 1240. The van der Waals surface area contributed by atoms with Crippen molar-refractivity contribution in [3.8, 4) is 0 Å². The van der Waals surface area contributed by atoms with Crippen LogP contribution in [-0.2, 0) is 0 Å². The normalized spacial score (nSPS) is 25.8. The molecule has 5 rings (SSSR count). The molecule has 1 heterocycles. The van der Waals surface area contributed by atoms with Crippen LogP contribution in [0.4, 0.5) is 11.4 Å². The number of nitro groups is 1. The molecule has 0 spiro atoms. The molecular formula is C24H18Cl4N2O2S. The highest BCUT2D eigenvalue weighted by Crippen LogP contribution is 2.59. The molecule has 1 fully saturated rings. The maximum absolute atomic E-state index is 11.5. The minimum Gasteiger partial charge on any atom is -0.376 e. The summed E-state index contributed by atoms with van der Waals surface area (Å²) in [6.07, 6.45) is 0.752. The van der Waals surface area contributed by atoms with Gasteiger partial charge in [0, 0.05) is 17.2 Å². The van der Waals surface area contributed by atoms with Crippen molar-refractivity contribution in [1.82, 2.24) is 0 Å². The monoisotopic (exact) mass is 538 g/mol. The summed E-state index contributed by atoms with van der Waals surface area (Å²) in [4.78, 5) is 11.8. The molecule has 0 bridgehead atoms. The van der Waals surface area contributed by atoms with Gasteiger partial charge in [0.1, 0.15) is 0 Å². The van der Waals surface area contributed by atoms with Gasteiger partial charge in [-0.05, 0) is 41.7 Å². The molecule has 5 atom stereocenters. The molecule has 33 heavy (non-hydrogen) atoms. The van der Waals surface area contributed by atoms with E-state index >= 15 is 0 Å². The summed E-state index contributed by atoms with van der Waals surface area (Å²) in [5.74, 6) is 0.108. The van der Waals surface area contributed by atoms with Gasteiger partial charge in [-0.25, -0.2) is 0 Å². The van der Waals surface area contributed by atoms with Crippen LogP contribution in [0.25, 0.3) is 0 Å². The lowest BCUT2D eigenvalue weighted by atomic mass is 9.77. The highest BCUT2D eigenvalue weighted by molar-refractivity contribution is 8.00. The van der Waals surface area contributed by atoms with Gasteiger partial charge >= 0.3 is 0 Å². The van der Waals surface area contributed by atoms with Crippen molar-refractivity contribution in [1.29, 1.82) is 0 Å². The number of hydrogen-bond donors (Lipinski definition) is 1. The fourth-order valence-corrected chi connectivity index (χ4v) is 7.65. The highest BCUT2D eigenvalue weighted by atomic mass is 35.5. The fraction of sp³-hybridized carbons (Fsp3) is 0.250. The predicted molar refractivity (Wildman–Crippen MR) is 138 cm³/mol. The molecular weight excluding hydrogens is 522 g/mol. The van der Waals surface area contributed by atoms with Crippen LogP contribution < -0.4 is 5.32 Å². The average molecular weight is 540 g/mol. The van der Waals surface area contributed by atoms with Crippen molar-refractivity contribution in [2.24, 2.45) is 5.92 Å². The van der Waals surface area contributed by atoms with Gasteiger partial charge in [-0.2, -0.15) is 0 Å². The van der Waals surface area contributed by atoms with E-state index in [0.29, 0.717) is 20.0 Å². The first-order valence-electron chi connectivity index (χ1n) is 10.4. The van der Waals surface area contributed by atoms with E-state index in [9.17, 15) is 10.1 Å². The van der Waals surface area contributed by atoms with Gasteiger partial charge in [0.15, 0.2) is 0 Å². The topological polar surface area (TPSA) is 55.2 Å². The number of halogens is 4. The fourth-order valence-electron chi connectivity index (χ4n) is 5.04. The zero-order valence-electron chi connectivity index (χ0n) is 17.1. The second kappa shape index (κ2) is 9.20. The Kier molecular flexibility index (Phi) is 6.45. The zero-order chi connectivity index (χ0) is 23.3. The van der Waals surface area contributed by atoms with Crippen LogP contribution in [-0.4, -0.2) is 15.6 Å². The smallest absolute Gasteiger partial charge is 0.282 e. The van der Waals surface area contributed by atoms with Gasteiger partial charge in [0.05, 0.1) is 42.0 Å². The van der Waals surface area contributed by atoms with Crippen LogP contribution in [0.15, 0.2) is 65.6 Å².